The van der Waals surface area contributed by atoms with Crippen molar-refractivity contribution in [2.75, 3.05) is 13.4 Å². The molecule has 0 amide bonds. The number of hydrogen-bond acceptors (Lipinski definition) is 6. The minimum atomic E-state index is -4.22. The largest absolute Gasteiger partial charge is 0.496 e. The van der Waals surface area contributed by atoms with Gasteiger partial charge < -0.3 is 14.5 Å². The van der Waals surface area contributed by atoms with Gasteiger partial charge in [0, 0.05) is 0 Å². The molecule has 4 N–H and O–H groups in total. The molecule has 1 unspecified atom stereocenters. The summed E-state index contributed by atoms with van der Waals surface area (Å²) in [6.45, 7) is 0. The van der Waals surface area contributed by atoms with Gasteiger partial charge in [-0.3, -0.25) is 9.88 Å². The molecule has 3 rings (SSSR count). The van der Waals surface area contributed by atoms with Crippen LogP contribution in [0.3, 0.4) is 0 Å². The van der Waals surface area contributed by atoms with Crippen molar-refractivity contribution in [3.8, 4) is 16.9 Å². The van der Waals surface area contributed by atoms with Gasteiger partial charge in [-0.25, -0.2) is 0 Å². The molecular weight excluding hydrogens is 369 g/mol. The first-order valence-corrected chi connectivity index (χ1v) is 9.99. The van der Waals surface area contributed by atoms with E-state index in [1.807, 2.05) is 48.5 Å². The van der Waals surface area contributed by atoms with E-state index < -0.39 is 19.9 Å². The van der Waals surface area contributed by atoms with E-state index in [0.717, 1.165) is 16.7 Å². The molecule has 0 aliphatic heterocycles. The van der Waals surface area contributed by atoms with Gasteiger partial charge in [0.1, 0.15) is 5.75 Å². The number of hydrogen-bond donors (Lipinski definition) is 4. The zero-order valence-electron chi connectivity index (χ0n) is 14.6. The molecule has 0 saturated heterocycles. The van der Waals surface area contributed by atoms with Crippen molar-refractivity contribution in [1.29, 1.82) is 0 Å². The average molecular weight is 389 g/mol. The summed E-state index contributed by atoms with van der Waals surface area (Å²) in [5, 5.41) is 16.5. The highest BCUT2D eigenvalue weighted by Gasteiger charge is 2.22. The highest BCUT2D eigenvalue weighted by Crippen LogP contribution is 2.34. The molecule has 0 fully saturated rings. The molecular formula is C17H20N5O4P. The maximum Gasteiger partial charge on any atom is 0.339 e. The SMILES string of the molecule is COc1cc(-c2ccccc2)ccc1CC(NCP(=O)(O)O)c1nn[nH]n1. The molecule has 3 aromatic rings. The summed E-state index contributed by atoms with van der Waals surface area (Å²) in [5.41, 5.74) is 2.93. The molecule has 9 nitrogen and oxygen atoms in total. The molecule has 27 heavy (non-hydrogen) atoms. The highest BCUT2D eigenvalue weighted by molar-refractivity contribution is 7.51. The van der Waals surface area contributed by atoms with Crippen molar-refractivity contribution in [2.24, 2.45) is 0 Å². The van der Waals surface area contributed by atoms with Gasteiger partial charge in [-0.1, -0.05) is 47.7 Å². The summed E-state index contributed by atoms with van der Waals surface area (Å²) in [5.74, 6) is 0.987. The van der Waals surface area contributed by atoms with E-state index in [9.17, 15) is 4.57 Å². The Bertz CT molecular complexity index is 914. The van der Waals surface area contributed by atoms with E-state index >= 15 is 0 Å². The van der Waals surface area contributed by atoms with Crippen molar-refractivity contribution in [1.82, 2.24) is 25.9 Å². The summed E-state index contributed by atoms with van der Waals surface area (Å²) < 4.78 is 16.8. The first-order chi connectivity index (χ1) is 13.0. The normalized spacial score (nSPS) is 12.7. The Morgan fingerprint density at radius 3 is 2.59 bits per heavy atom. The topological polar surface area (TPSA) is 133 Å². The quantitative estimate of drug-likeness (QED) is 0.429. The molecule has 10 heteroatoms. The van der Waals surface area contributed by atoms with Crippen LogP contribution in [-0.4, -0.2) is 43.8 Å². The lowest BCUT2D eigenvalue weighted by atomic mass is 9.99. The fourth-order valence-corrected chi connectivity index (χ4v) is 3.20. The van der Waals surface area contributed by atoms with Gasteiger partial charge in [0.25, 0.3) is 0 Å². The molecule has 1 atom stereocenters. The predicted octanol–water partition coefficient (Wildman–Crippen LogP) is 1.88. The zero-order valence-corrected chi connectivity index (χ0v) is 15.5. The van der Waals surface area contributed by atoms with Crippen LogP contribution >= 0.6 is 7.60 Å². The molecule has 0 aliphatic rings. The lowest BCUT2D eigenvalue weighted by molar-refractivity contribution is 0.361. The van der Waals surface area contributed by atoms with Gasteiger partial charge in [0.2, 0.25) is 0 Å². The Hall–Kier alpha value is -2.58. The Morgan fingerprint density at radius 2 is 1.96 bits per heavy atom. The molecule has 1 heterocycles. The van der Waals surface area contributed by atoms with E-state index in [1.165, 1.54) is 0 Å². The number of benzene rings is 2. The highest BCUT2D eigenvalue weighted by atomic mass is 31.2. The number of ether oxygens (including phenoxy) is 1. The number of tetrazole rings is 1. The molecule has 0 saturated carbocycles. The zero-order chi connectivity index (χ0) is 19.3. The van der Waals surface area contributed by atoms with Crippen LogP contribution < -0.4 is 10.1 Å². The Morgan fingerprint density at radius 1 is 1.19 bits per heavy atom. The van der Waals surface area contributed by atoms with E-state index in [1.54, 1.807) is 7.11 Å². The molecule has 1 aromatic heterocycles. The number of H-pyrrole nitrogens is 1. The number of rotatable bonds is 8. The molecule has 0 spiro atoms. The van der Waals surface area contributed by atoms with Crippen LogP contribution in [0.25, 0.3) is 11.1 Å². The van der Waals surface area contributed by atoms with Gasteiger partial charge in [0.15, 0.2) is 5.82 Å². The van der Waals surface area contributed by atoms with Crippen molar-refractivity contribution in [2.45, 2.75) is 12.5 Å². The minimum absolute atomic E-state index is 0.317. The number of nitrogens with zero attached hydrogens (tertiary/aromatic N) is 3. The van der Waals surface area contributed by atoms with Gasteiger partial charge in [-0.15, -0.1) is 10.2 Å². The number of aromatic amines is 1. The van der Waals surface area contributed by atoms with Crippen molar-refractivity contribution < 1.29 is 19.1 Å². The molecule has 0 bridgehead atoms. The minimum Gasteiger partial charge on any atom is -0.496 e. The lowest BCUT2D eigenvalue weighted by Crippen LogP contribution is -2.25. The Balaban J connectivity index is 1.86. The van der Waals surface area contributed by atoms with E-state index in [2.05, 4.69) is 25.9 Å². The summed E-state index contributed by atoms with van der Waals surface area (Å²) >= 11 is 0. The van der Waals surface area contributed by atoms with Crippen molar-refractivity contribution in [3.63, 3.8) is 0 Å². The fourth-order valence-electron chi connectivity index (χ4n) is 2.74. The molecule has 2 aromatic carbocycles. The second kappa shape index (κ2) is 8.41. The van der Waals surface area contributed by atoms with Crippen LogP contribution in [0.2, 0.25) is 0 Å². The van der Waals surface area contributed by atoms with E-state index in [0.29, 0.717) is 18.0 Å². The van der Waals surface area contributed by atoms with Crippen LogP contribution in [0.15, 0.2) is 48.5 Å². The molecule has 0 radical (unpaired) electrons. The van der Waals surface area contributed by atoms with Crippen LogP contribution in [0.5, 0.6) is 5.75 Å². The maximum atomic E-state index is 11.2. The number of nitrogens with one attached hydrogen (secondary N) is 2. The van der Waals surface area contributed by atoms with Crippen LogP contribution in [-0.2, 0) is 11.0 Å². The smallest absolute Gasteiger partial charge is 0.339 e. The van der Waals surface area contributed by atoms with Crippen LogP contribution in [0.4, 0.5) is 0 Å². The summed E-state index contributed by atoms with van der Waals surface area (Å²) in [6, 6.07) is 15.2. The second-order valence-electron chi connectivity index (χ2n) is 5.95. The number of methoxy groups -OCH3 is 1. The molecule has 0 aliphatic carbocycles. The summed E-state index contributed by atoms with van der Waals surface area (Å²) in [6.07, 6.45) is -0.117. The maximum absolute atomic E-state index is 11.2. The third-order valence-corrected chi connectivity index (χ3v) is 4.63. The average Bonchev–Trinajstić information content (AvgIpc) is 3.19. The number of aromatic nitrogens is 4. The lowest BCUT2D eigenvalue weighted by Gasteiger charge is -2.18. The predicted molar refractivity (Wildman–Crippen MR) is 99.1 cm³/mol. The van der Waals surface area contributed by atoms with Gasteiger partial charge in [0.05, 0.1) is 19.4 Å². The van der Waals surface area contributed by atoms with Gasteiger partial charge in [-0.2, -0.15) is 5.21 Å². The van der Waals surface area contributed by atoms with Gasteiger partial charge in [-0.05, 0) is 29.2 Å². The fraction of sp³-hybridized carbons (Fsp3) is 0.235. The summed E-state index contributed by atoms with van der Waals surface area (Å²) in [7, 11) is -2.64. The Labute approximate surface area is 155 Å². The molecule has 142 valence electrons. The first kappa shape index (κ1) is 19.2. The van der Waals surface area contributed by atoms with Crippen molar-refractivity contribution in [3.05, 3.63) is 59.9 Å². The van der Waals surface area contributed by atoms with Crippen LogP contribution in [0, 0.1) is 0 Å². The summed E-state index contributed by atoms with van der Waals surface area (Å²) in [4.78, 5) is 18.3. The second-order valence-corrected chi connectivity index (χ2v) is 7.59. The third-order valence-electron chi connectivity index (χ3n) is 4.04. The third kappa shape index (κ3) is 5.21. The van der Waals surface area contributed by atoms with E-state index in [4.69, 9.17) is 14.5 Å². The Kier molecular flexibility index (Phi) is 5.98. The monoisotopic (exact) mass is 389 g/mol. The first-order valence-electron chi connectivity index (χ1n) is 8.20. The van der Waals surface area contributed by atoms with Gasteiger partial charge >= 0.3 is 7.60 Å². The van der Waals surface area contributed by atoms with E-state index in [-0.39, 0.29) is 0 Å². The van der Waals surface area contributed by atoms with Crippen LogP contribution in [0.1, 0.15) is 17.4 Å². The standard InChI is InChI=1S/C17H20N5O4P/c1-26-16-10-13(12-5-3-2-4-6-12)7-8-14(16)9-15(17-19-21-22-20-17)18-11-27(23,24)25/h2-8,10,15,18H,9,11H2,1H3,(H2,23,24,25)(H,19,20,21,22). The van der Waals surface area contributed by atoms with Crippen molar-refractivity contribution >= 4 is 7.60 Å².